The fourth-order valence-electron chi connectivity index (χ4n) is 3.76. The largest absolute Gasteiger partial charge is 0.384 e. The van der Waals surface area contributed by atoms with E-state index in [9.17, 15) is 5.11 Å². The summed E-state index contributed by atoms with van der Waals surface area (Å²) in [5.74, 6) is 0. The second-order valence-electron chi connectivity index (χ2n) is 7.75. The zero-order chi connectivity index (χ0) is 20.1. The van der Waals surface area contributed by atoms with E-state index in [4.69, 9.17) is 14.2 Å². The topological polar surface area (TPSA) is 78.1 Å². The standard InChI is InChI=1S/C21H33N3O4/c1-5-7-11-26-13-18-20(27-12-8-6-2)21(4,25)19(28-18)17-10-9-16-15(3)22-14-23-24(16)17/h9-10,14,18-20,25H,5-8,11-13H2,1-4H3/t18-,19+,20-,21+/m1/s1. The van der Waals surface area contributed by atoms with Gasteiger partial charge in [-0.2, -0.15) is 5.10 Å². The Bertz CT molecular complexity index is 761. The Labute approximate surface area is 167 Å². The number of nitrogens with zero attached hydrogens (tertiary/aromatic N) is 3. The molecule has 0 spiro atoms. The number of hydrogen-bond donors (Lipinski definition) is 1. The highest BCUT2D eigenvalue weighted by molar-refractivity contribution is 5.52. The van der Waals surface area contributed by atoms with E-state index in [1.54, 1.807) is 11.4 Å². The molecule has 0 amide bonds. The summed E-state index contributed by atoms with van der Waals surface area (Å²) in [4.78, 5) is 4.24. The summed E-state index contributed by atoms with van der Waals surface area (Å²) in [5.41, 5.74) is 1.39. The third kappa shape index (κ3) is 4.22. The van der Waals surface area contributed by atoms with Gasteiger partial charge >= 0.3 is 0 Å². The van der Waals surface area contributed by atoms with Crippen LogP contribution in [0.1, 0.15) is 63.9 Å². The summed E-state index contributed by atoms with van der Waals surface area (Å²) < 4.78 is 20.0. The van der Waals surface area contributed by atoms with Crippen molar-refractivity contribution in [3.8, 4) is 0 Å². The van der Waals surface area contributed by atoms with Gasteiger partial charge in [0, 0.05) is 13.2 Å². The van der Waals surface area contributed by atoms with Crippen LogP contribution in [0.25, 0.3) is 5.52 Å². The molecule has 0 radical (unpaired) electrons. The molecule has 1 saturated heterocycles. The van der Waals surface area contributed by atoms with E-state index < -0.39 is 17.8 Å². The Morgan fingerprint density at radius 2 is 1.96 bits per heavy atom. The monoisotopic (exact) mass is 391 g/mol. The first-order valence-corrected chi connectivity index (χ1v) is 10.4. The molecule has 0 saturated carbocycles. The van der Waals surface area contributed by atoms with Gasteiger partial charge < -0.3 is 19.3 Å². The first-order chi connectivity index (χ1) is 13.5. The van der Waals surface area contributed by atoms with Crippen molar-refractivity contribution < 1.29 is 19.3 Å². The van der Waals surface area contributed by atoms with Gasteiger partial charge in [-0.1, -0.05) is 26.7 Å². The van der Waals surface area contributed by atoms with Gasteiger partial charge in [0.15, 0.2) is 0 Å². The molecule has 0 unspecified atom stereocenters. The lowest BCUT2D eigenvalue weighted by Gasteiger charge is -2.30. The maximum Gasteiger partial charge on any atom is 0.136 e. The fraction of sp³-hybridized carbons (Fsp3) is 0.714. The smallest absolute Gasteiger partial charge is 0.136 e. The van der Waals surface area contributed by atoms with Crippen molar-refractivity contribution in [3.63, 3.8) is 0 Å². The fourth-order valence-corrected chi connectivity index (χ4v) is 3.76. The first kappa shape index (κ1) is 21.2. The number of ether oxygens (including phenoxy) is 3. The average Bonchev–Trinajstić information content (AvgIpc) is 3.19. The van der Waals surface area contributed by atoms with Crippen molar-refractivity contribution >= 4 is 5.52 Å². The Hall–Kier alpha value is -1.54. The van der Waals surface area contributed by atoms with E-state index in [2.05, 4.69) is 23.9 Å². The van der Waals surface area contributed by atoms with Crippen molar-refractivity contribution in [3.05, 3.63) is 29.8 Å². The van der Waals surface area contributed by atoms with Gasteiger partial charge in [0.25, 0.3) is 0 Å². The van der Waals surface area contributed by atoms with E-state index in [-0.39, 0.29) is 6.10 Å². The van der Waals surface area contributed by atoms with Gasteiger partial charge in [-0.05, 0) is 38.8 Å². The van der Waals surface area contributed by atoms with Crippen LogP contribution in [0.4, 0.5) is 0 Å². The lowest BCUT2D eigenvalue weighted by Crippen LogP contribution is -2.45. The van der Waals surface area contributed by atoms with Crippen LogP contribution < -0.4 is 0 Å². The molecule has 0 bridgehead atoms. The average molecular weight is 392 g/mol. The molecule has 3 heterocycles. The summed E-state index contributed by atoms with van der Waals surface area (Å²) >= 11 is 0. The van der Waals surface area contributed by atoms with E-state index >= 15 is 0 Å². The third-order valence-electron chi connectivity index (χ3n) is 5.42. The number of aromatic nitrogens is 3. The highest BCUT2D eigenvalue weighted by Crippen LogP contribution is 2.43. The van der Waals surface area contributed by atoms with Crippen LogP contribution in [0.2, 0.25) is 0 Å². The lowest BCUT2D eigenvalue weighted by molar-refractivity contribution is -0.0984. The molecular formula is C21H33N3O4. The number of aliphatic hydroxyl groups is 1. The van der Waals surface area contributed by atoms with Crippen LogP contribution in [0.15, 0.2) is 18.5 Å². The number of hydrogen-bond acceptors (Lipinski definition) is 6. The highest BCUT2D eigenvalue weighted by Gasteiger charge is 2.55. The molecule has 28 heavy (non-hydrogen) atoms. The predicted molar refractivity (Wildman–Crippen MR) is 106 cm³/mol. The molecule has 0 aromatic carbocycles. The van der Waals surface area contributed by atoms with Gasteiger partial charge in [-0.15, -0.1) is 0 Å². The lowest BCUT2D eigenvalue weighted by atomic mass is 9.91. The quantitative estimate of drug-likeness (QED) is 0.627. The minimum Gasteiger partial charge on any atom is -0.384 e. The molecule has 7 heteroatoms. The summed E-state index contributed by atoms with van der Waals surface area (Å²) in [6.07, 6.45) is 4.25. The van der Waals surface area contributed by atoms with E-state index in [1.807, 2.05) is 19.1 Å². The Balaban J connectivity index is 1.84. The molecule has 3 rings (SSSR count). The highest BCUT2D eigenvalue weighted by atomic mass is 16.6. The predicted octanol–water partition coefficient (Wildman–Crippen LogP) is 3.23. The van der Waals surface area contributed by atoms with Gasteiger partial charge in [0.1, 0.15) is 30.2 Å². The molecule has 2 aromatic heterocycles. The molecule has 156 valence electrons. The van der Waals surface area contributed by atoms with Crippen molar-refractivity contribution in [2.75, 3.05) is 19.8 Å². The Kier molecular flexibility index (Phi) is 7.04. The molecule has 1 N–H and O–H groups in total. The van der Waals surface area contributed by atoms with Crippen LogP contribution in [0.3, 0.4) is 0 Å². The molecule has 7 nitrogen and oxygen atoms in total. The van der Waals surface area contributed by atoms with E-state index in [0.717, 1.165) is 42.6 Å². The number of aryl methyl sites for hydroxylation is 1. The van der Waals surface area contributed by atoms with E-state index in [0.29, 0.717) is 19.8 Å². The van der Waals surface area contributed by atoms with Crippen molar-refractivity contribution in [1.82, 2.24) is 14.6 Å². The zero-order valence-corrected chi connectivity index (χ0v) is 17.4. The van der Waals surface area contributed by atoms with Gasteiger partial charge in [-0.3, -0.25) is 0 Å². The summed E-state index contributed by atoms with van der Waals surface area (Å²) in [6.45, 7) is 9.66. The maximum atomic E-state index is 11.4. The second kappa shape index (κ2) is 9.31. The van der Waals surface area contributed by atoms with Crippen LogP contribution in [0.5, 0.6) is 0 Å². The first-order valence-electron chi connectivity index (χ1n) is 10.4. The number of fused-ring (bicyclic) bond motifs is 1. The Morgan fingerprint density at radius 3 is 2.71 bits per heavy atom. The molecule has 1 aliphatic rings. The van der Waals surface area contributed by atoms with Crippen LogP contribution in [-0.2, 0) is 14.2 Å². The van der Waals surface area contributed by atoms with Gasteiger partial charge in [0.2, 0.25) is 0 Å². The third-order valence-corrected chi connectivity index (χ3v) is 5.42. The maximum absolute atomic E-state index is 11.4. The second-order valence-corrected chi connectivity index (χ2v) is 7.75. The SMILES string of the molecule is CCCCOC[C@H]1O[C@@H](c2ccc3c(C)ncnn23)[C@](C)(O)[C@@H]1OCCCC. The van der Waals surface area contributed by atoms with Gasteiger partial charge in [-0.25, -0.2) is 9.50 Å². The van der Waals surface area contributed by atoms with E-state index in [1.165, 1.54) is 6.33 Å². The van der Waals surface area contributed by atoms with Crippen molar-refractivity contribution in [2.45, 2.75) is 77.3 Å². The molecule has 1 fully saturated rings. The van der Waals surface area contributed by atoms with Crippen LogP contribution in [0, 0.1) is 6.92 Å². The molecule has 4 atom stereocenters. The normalized spacial score (nSPS) is 27.7. The summed E-state index contributed by atoms with van der Waals surface area (Å²) in [7, 11) is 0. The van der Waals surface area contributed by atoms with Crippen LogP contribution >= 0.6 is 0 Å². The molecular weight excluding hydrogens is 358 g/mol. The van der Waals surface area contributed by atoms with Gasteiger partial charge in [0.05, 0.1) is 23.5 Å². The van der Waals surface area contributed by atoms with Crippen molar-refractivity contribution in [1.29, 1.82) is 0 Å². The Morgan fingerprint density at radius 1 is 1.21 bits per heavy atom. The summed E-state index contributed by atoms with van der Waals surface area (Å²) in [5, 5.41) is 15.8. The van der Waals surface area contributed by atoms with Crippen LogP contribution in [-0.4, -0.2) is 57.3 Å². The molecule has 1 aliphatic heterocycles. The number of rotatable bonds is 10. The minimum absolute atomic E-state index is 0.331. The molecule has 2 aromatic rings. The molecule has 0 aliphatic carbocycles. The minimum atomic E-state index is -1.19. The van der Waals surface area contributed by atoms with Crippen molar-refractivity contribution in [2.24, 2.45) is 0 Å². The zero-order valence-electron chi connectivity index (χ0n) is 17.4. The number of unbranched alkanes of at least 4 members (excludes halogenated alkanes) is 2. The summed E-state index contributed by atoms with van der Waals surface area (Å²) in [6, 6.07) is 3.90.